The lowest BCUT2D eigenvalue weighted by Crippen LogP contribution is -2.54. The number of carbonyl (C=O) groups is 1. The summed E-state index contributed by atoms with van der Waals surface area (Å²) in [7, 11) is -1.76. The number of Topliss-reactive ketones (excluding diaryl/α,β-unsaturated/α-hetero) is 1. The Morgan fingerprint density at radius 3 is 2.52 bits per heavy atom. The lowest BCUT2D eigenvalue weighted by molar-refractivity contribution is 0.0900. The Morgan fingerprint density at radius 2 is 1.82 bits per heavy atom. The Hall–Kier alpha value is -2.25. The fourth-order valence-electron chi connectivity index (χ4n) is 5.05. The van der Waals surface area contributed by atoms with Gasteiger partial charge in [0.15, 0.2) is 5.78 Å². The van der Waals surface area contributed by atoms with Gasteiger partial charge in [-0.25, -0.2) is 0 Å². The third-order valence-corrected chi connectivity index (χ3v) is 9.07. The van der Waals surface area contributed by atoms with E-state index in [9.17, 15) is 13.2 Å². The van der Waals surface area contributed by atoms with E-state index in [1.807, 2.05) is 39.9 Å². The highest BCUT2D eigenvalue weighted by molar-refractivity contribution is 7.86. The Balaban J connectivity index is 1.38. The van der Waals surface area contributed by atoms with Crippen LogP contribution in [0.2, 0.25) is 0 Å². The molecule has 1 aromatic heterocycles. The van der Waals surface area contributed by atoms with Gasteiger partial charge in [-0.15, -0.1) is 0 Å². The number of para-hydroxylation sites is 1. The lowest BCUT2D eigenvalue weighted by Gasteiger charge is -2.38. The summed E-state index contributed by atoms with van der Waals surface area (Å²) in [6.45, 7) is 2.69. The van der Waals surface area contributed by atoms with E-state index in [-0.39, 0.29) is 18.4 Å². The molecule has 1 aliphatic carbocycles. The van der Waals surface area contributed by atoms with Crippen LogP contribution in [-0.4, -0.2) is 78.1 Å². The number of carbonyl (C=O) groups excluding carboxylic acids is 1. The zero-order valence-corrected chi connectivity index (χ0v) is 20.1. The Bertz CT molecular complexity index is 1120. The molecule has 1 aliphatic heterocycles. The third kappa shape index (κ3) is 5.14. The number of nitriles is 1. The molecule has 9 heteroatoms. The van der Waals surface area contributed by atoms with Gasteiger partial charge in [-0.1, -0.05) is 37.5 Å². The number of aryl methyl sites for hydroxylation is 1. The molecule has 2 fully saturated rings. The maximum atomic E-state index is 13.1. The summed E-state index contributed by atoms with van der Waals surface area (Å²) in [5, 5.41) is 9.83. The van der Waals surface area contributed by atoms with Crippen molar-refractivity contribution in [2.45, 2.75) is 51.1 Å². The van der Waals surface area contributed by atoms with Crippen molar-refractivity contribution < 1.29 is 13.2 Å². The van der Waals surface area contributed by atoms with Crippen molar-refractivity contribution in [1.29, 1.82) is 5.26 Å². The monoisotopic (exact) mass is 471 g/mol. The first kappa shape index (κ1) is 23.9. The summed E-state index contributed by atoms with van der Waals surface area (Å²) < 4.78 is 31.3. The molecule has 178 valence electrons. The van der Waals surface area contributed by atoms with Gasteiger partial charge in [-0.2, -0.15) is 22.3 Å². The van der Waals surface area contributed by atoms with Gasteiger partial charge in [0.2, 0.25) is 0 Å². The zero-order chi connectivity index (χ0) is 23.4. The molecule has 1 aromatic carbocycles. The maximum Gasteiger partial charge on any atom is 0.282 e. The van der Waals surface area contributed by atoms with Gasteiger partial charge >= 0.3 is 0 Å². The van der Waals surface area contributed by atoms with Crippen LogP contribution in [0.25, 0.3) is 10.9 Å². The number of hydrogen-bond donors (Lipinski definition) is 0. The number of benzene rings is 1. The van der Waals surface area contributed by atoms with E-state index in [1.165, 1.54) is 6.42 Å². The highest BCUT2D eigenvalue weighted by Gasteiger charge is 2.35. The molecule has 0 atom stereocenters. The number of piperazine rings is 1. The molecule has 2 aromatic rings. The predicted octanol–water partition coefficient (Wildman–Crippen LogP) is 2.86. The normalized spacial score (nSPS) is 19.2. The maximum absolute atomic E-state index is 13.1. The summed E-state index contributed by atoms with van der Waals surface area (Å²) >= 11 is 0. The van der Waals surface area contributed by atoms with Gasteiger partial charge < -0.3 is 4.57 Å². The largest absolute Gasteiger partial charge is 0.346 e. The molecule has 0 amide bonds. The van der Waals surface area contributed by atoms with Crippen LogP contribution in [0.1, 0.15) is 48.9 Å². The van der Waals surface area contributed by atoms with Crippen LogP contribution in [0, 0.1) is 11.3 Å². The Kier molecular flexibility index (Phi) is 7.49. The van der Waals surface area contributed by atoms with E-state index in [2.05, 4.69) is 6.07 Å². The van der Waals surface area contributed by atoms with E-state index >= 15 is 0 Å². The molecule has 2 heterocycles. The number of hydrogen-bond acceptors (Lipinski definition) is 5. The first-order valence-electron chi connectivity index (χ1n) is 11.9. The fourth-order valence-corrected chi connectivity index (χ4v) is 6.62. The molecule has 4 rings (SSSR count). The van der Waals surface area contributed by atoms with E-state index < -0.39 is 10.2 Å². The van der Waals surface area contributed by atoms with Crippen LogP contribution in [0.4, 0.5) is 0 Å². The van der Waals surface area contributed by atoms with Crippen molar-refractivity contribution in [3.05, 3.63) is 36.0 Å². The van der Waals surface area contributed by atoms with Crippen LogP contribution in [0.5, 0.6) is 0 Å². The van der Waals surface area contributed by atoms with Gasteiger partial charge in [0.1, 0.15) is 0 Å². The summed E-state index contributed by atoms with van der Waals surface area (Å²) in [6.07, 6.45) is 7.48. The van der Waals surface area contributed by atoms with Crippen LogP contribution in [0.3, 0.4) is 0 Å². The average molecular weight is 472 g/mol. The number of aromatic nitrogens is 1. The second-order valence-corrected chi connectivity index (χ2v) is 11.1. The van der Waals surface area contributed by atoms with E-state index in [0.717, 1.165) is 36.6 Å². The molecule has 0 spiro atoms. The summed E-state index contributed by atoms with van der Waals surface area (Å²) in [6, 6.07) is 10.0. The number of ketones is 1. The first-order valence-corrected chi connectivity index (χ1v) is 13.2. The molecule has 2 aliphatic rings. The van der Waals surface area contributed by atoms with Gasteiger partial charge in [0.25, 0.3) is 10.2 Å². The van der Waals surface area contributed by atoms with Crippen molar-refractivity contribution in [1.82, 2.24) is 18.1 Å². The highest BCUT2D eigenvalue weighted by Crippen LogP contribution is 2.26. The van der Waals surface area contributed by atoms with Crippen LogP contribution in [0.15, 0.2) is 30.5 Å². The Morgan fingerprint density at radius 1 is 1.12 bits per heavy atom. The number of rotatable bonds is 8. The van der Waals surface area contributed by atoms with Crippen LogP contribution >= 0.6 is 0 Å². The van der Waals surface area contributed by atoms with E-state index in [4.69, 9.17) is 5.26 Å². The van der Waals surface area contributed by atoms with Crippen molar-refractivity contribution in [2.75, 3.05) is 39.8 Å². The van der Waals surface area contributed by atoms with Gasteiger partial charge in [0, 0.05) is 68.5 Å². The quantitative estimate of drug-likeness (QED) is 0.552. The summed E-state index contributed by atoms with van der Waals surface area (Å²) in [4.78, 5) is 15.2. The topological polar surface area (TPSA) is 89.7 Å². The molecule has 1 saturated carbocycles. The van der Waals surface area contributed by atoms with Gasteiger partial charge in [0.05, 0.1) is 19.0 Å². The fraction of sp³-hybridized carbons (Fsp3) is 0.583. The molecular formula is C24H33N5O3S. The van der Waals surface area contributed by atoms with Crippen molar-refractivity contribution in [2.24, 2.45) is 0 Å². The molecular weight excluding hydrogens is 438 g/mol. The molecule has 0 radical (unpaired) electrons. The second-order valence-electron chi connectivity index (χ2n) is 9.08. The Labute approximate surface area is 196 Å². The van der Waals surface area contributed by atoms with Gasteiger partial charge in [-0.3, -0.25) is 9.69 Å². The highest BCUT2D eigenvalue weighted by atomic mass is 32.2. The smallest absolute Gasteiger partial charge is 0.282 e. The summed E-state index contributed by atoms with van der Waals surface area (Å²) in [5.41, 5.74) is 1.62. The van der Waals surface area contributed by atoms with Gasteiger partial charge in [-0.05, 0) is 18.9 Å². The van der Waals surface area contributed by atoms with Crippen LogP contribution in [-0.2, 0) is 16.8 Å². The molecule has 8 nitrogen and oxygen atoms in total. The van der Waals surface area contributed by atoms with Crippen molar-refractivity contribution >= 4 is 26.9 Å². The van der Waals surface area contributed by atoms with Crippen molar-refractivity contribution in [3.63, 3.8) is 0 Å². The third-order valence-electron chi connectivity index (χ3n) is 7.03. The lowest BCUT2D eigenvalue weighted by atomic mass is 9.96. The first-order chi connectivity index (χ1) is 15.9. The number of fused-ring (bicyclic) bond motifs is 1. The van der Waals surface area contributed by atoms with E-state index in [1.54, 1.807) is 15.7 Å². The second kappa shape index (κ2) is 10.3. The molecule has 0 unspecified atom stereocenters. The minimum absolute atomic E-state index is 0.0255. The summed E-state index contributed by atoms with van der Waals surface area (Å²) in [5.74, 6) is 0.0255. The standard InChI is InChI=1S/C24H33N5O3S/c1-26(20-8-3-2-4-9-20)33(31,32)29-16-14-27(15-17-29)19-24(30)22-18-28(13-7-12-25)23-11-6-5-10-21(22)23/h5-6,10-11,18,20H,2-4,7-9,13-17,19H2,1H3. The number of nitrogens with zero attached hydrogens (tertiary/aromatic N) is 5. The average Bonchev–Trinajstić information content (AvgIpc) is 3.22. The molecule has 0 N–H and O–H groups in total. The minimum atomic E-state index is -3.47. The molecule has 1 saturated heterocycles. The van der Waals surface area contributed by atoms with Crippen LogP contribution < -0.4 is 0 Å². The zero-order valence-electron chi connectivity index (χ0n) is 19.3. The molecule has 33 heavy (non-hydrogen) atoms. The van der Waals surface area contributed by atoms with E-state index in [0.29, 0.717) is 44.7 Å². The van der Waals surface area contributed by atoms with Crippen molar-refractivity contribution in [3.8, 4) is 6.07 Å². The minimum Gasteiger partial charge on any atom is -0.346 e. The SMILES string of the molecule is CN(C1CCCCC1)S(=O)(=O)N1CCN(CC(=O)c2cn(CCC#N)c3ccccc23)CC1. The molecule has 0 bridgehead atoms. The predicted molar refractivity (Wildman–Crippen MR) is 128 cm³/mol.